The molecule has 0 aliphatic rings. The number of halogens is 1. The number of thiophene rings is 1. The summed E-state index contributed by atoms with van der Waals surface area (Å²) in [4.78, 5) is 1.35. The van der Waals surface area contributed by atoms with Gasteiger partial charge in [-0.15, -0.1) is 11.3 Å². The standard InChI is InChI=1S/C14H16ClNS/c1-10-5-6-12(13(15)8-10)9-16-11(2)14-4-3-7-17-14/h3-8,11,16H,9H2,1-2H3/t11-/m1/s1. The van der Waals surface area contributed by atoms with Crippen molar-refractivity contribution in [2.45, 2.75) is 26.4 Å². The zero-order valence-corrected chi connectivity index (χ0v) is 11.6. The highest BCUT2D eigenvalue weighted by molar-refractivity contribution is 7.10. The lowest BCUT2D eigenvalue weighted by Gasteiger charge is -2.13. The number of hydrogen-bond acceptors (Lipinski definition) is 2. The quantitative estimate of drug-likeness (QED) is 0.855. The number of hydrogen-bond donors (Lipinski definition) is 1. The summed E-state index contributed by atoms with van der Waals surface area (Å²) < 4.78 is 0. The van der Waals surface area contributed by atoms with E-state index in [4.69, 9.17) is 11.6 Å². The topological polar surface area (TPSA) is 12.0 Å². The highest BCUT2D eigenvalue weighted by Crippen LogP contribution is 2.21. The molecule has 2 aromatic rings. The molecule has 1 aromatic heterocycles. The van der Waals surface area contributed by atoms with Gasteiger partial charge in [0.05, 0.1) is 0 Å². The van der Waals surface area contributed by atoms with Gasteiger partial charge >= 0.3 is 0 Å². The van der Waals surface area contributed by atoms with Crippen LogP contribution >= 0.6 is 22.9 Å². The molecule has 0 radical (unpaired) electrons. The SMILES string of the molecule is Cc1ccc(CN[C@H](C)c2cccs2)c(Cl)c1. The zero-order valence-electron chi connectivity index (χ0n) is 10.0. The van der Waals surface area contributed by atoms with Crippen LogP contribution in [0.1, 0.15) is 29.0 Å². The van der Waals surface area contributed by atoms with E-state index in [1.54, 1.807) is 11.3 Å². The first-order valence-electron chi connectivity index (χ1n) is 5.68. The molecule has 1 aromatic carbocycles. The van der Waals surface area contributed by atoms with Crippen molar-refractivity contribution in [3.05, 3.63) is 56.7 Å². The van der Waals surface area contributed by atoms with Crippen LogP contribution in [0.4, 0.5) is 0 Å². The van der Waals surface area contributed by atoms with Crippen molar-refractivity contribution in [3.8, 4) is 0 Å². The van der Waals surface area contributed by atoms with Crippen molar-refractivity contribution < 1.29 is 0 Å². The first-order valence-corrected chi connectivity index (χ1v) is 6.94. The first kappa shape index (κ1) is 12.6. The summed E-state index contributed by atoms with van der Waals surface area (Å²) in [6.45, 7) is 5.03. The van der Waals surface area contributed by atoms with E-state index in [0.29, 0.717) is 6.04 Å². The second kappa shape index (κ2) is 5.67. The van der Waals surface area contributed by atoms with E-state index >= 15 is 0 Å². The van der Waals surface area contributed by atoms with E-state index in [9.17, 15) is 0 Å². The third-order valence-electron chi connectivity index (χ3n) is 2.78. The molecule has 1 heterocycles. The molecule has 0 aliphatic heterocycles. The maximum absolute atomic E-state index is 6.20. The molecule has 17 heavy (non-hydrogen) atoms. The van der Waals surface area contributed by atoms with Gasteiger partial charge in [0.15, 0.2) is 0 Å². The van der Waals surface area contributed by atoms with E-state index < -0.39 is 0 Å². The number of benzene rings is 1. The van der Waals surface area contributed by atoms with Crippen molar-refractivity contribution in [2.75, 3.05) is 0 Å². The van der Waals surface area contributed by atoms with Crippen LogP contribution in [0.25, 0.3) is 0 Å². The lowest BCUT2D eigenvalue weighted by atomic mass is 10.1. The summed E-state index contributed by atoms with van der Waals surface area (Å²) in [6, 6.07) is 10.8. The normalized spacial score (nSPS) is 12.6. The Balaban J connectivity index is 1.98. The monoisotopic (exact) mass is 265 g/mol. The molecule has 90 valence electrons. The Bertz CT molecular complexity index is 479. The predicted molar refractivity (Wildman–Crippen MR) is 75.8 cm³/mol. The van der Waals surface area contributed by atoms with Gasteiger partial charge in [-0.05, 0) is 42.5 Å². The van der Waals surface area contributed by atoms with Crippen molar-refractivity contribution in [1.82, 2.24) is 5.32 Å². The molecule has 0 spiro atoms. The Morgan fingerprint density at radius 1 is 1.35 bits per heavy atom. The third-order valence-corrected chi connectivity index (χ3v) is 4.18. The molecular formula is C14H16ClNS. The second-order valence-electron chi connectivity index (χ2n) is 4.21. The van der Waals surface area contributed by atoms with Gasteiger partial charge < -0.3 is 5.32 Å². The van der Waals surface area contributed by atoms with Gasteiger partial charge in [-0.25, -0.2) is 0 Å². The molecule has 3 heteroatoms. The van der Waals surface area contributed by atoms with E-state index in [-0.39, 0.29) is 0 Å². The van der Waals surface area contributed by atoms with Crippen LogP contribution < -0.4 is 5.32 Å². The molecule has 0 bridgehead atoms. The fourth-order valence-electron chi connectivity index (χ4n) is 1.70. The maximum atomic E-state index is 6.20. The summed E-state index contributed by atoms with van der Waals surface area (Å²) in [5.74, 6) is 0. The third kappa shape index (κ3) is 3.32. The summed E-state index contributed by atoms with van der Waals surface area (Å²) in [5.41, 5.74) is 2.35. The molecule has 0 amide bonds. The van der Waals surface area contributed by atoms with Gasteiger partial charge in [0.25, 0.3) is 0 Å². The summed E-state index contributed by atoms with van der Waals surface area (Å²) in [7, 11) is 0. The first-order chi connectivity index (χ1) is 8.16. The van der Waals surface area contributed by atoms with Crippen molar-refractivity contribution in [1.29, 1.82) is 0 Å². The molecule has 0 saturated carbocycles. The number of nitrogens with one attached hydrogen (secondary N) is 1. The fourth-order valence-corrected chi connectivity index (χ4v) is 2.76. The predicted octanol–water partition coefficient (Wildman–Crippen LogP) is 4.56. The summed E-state index contributed by atoms with van der Waals surface area (Å²) in [6.07, 6.45) is 0. The molecule has 0 saturated heterocycles. The van der Waals surface area contributed by atoms with Crippen molar-refractivity contribution in [3.63, 3.8) is 0 Å². The molecule has 1 nitrogen and oxygen atoms in total. The Labute approximate surface area is 111 Å². The van der Waals surface area contributed by atoms with Crippen LogP contribution in [-0.2, 0) is 6.54 Å². The molecule has 0 unspecified atom stereocenters. The summed E-state index contributed by atoms with van der Waals surface area (Å²) >= 11 is 7.98. The second-order valence-corrected chi connectivity index (χ2v) is 5.60. The molecule has 1 N–H and O–H groups in total. The van der Waals surface area contributed by atoms with Crippen LogP contribution in [0, 0.1) is 6.92 Å². The van der Waals surface area contributed by atoms with Crippen LogP contribution in [0.2, 0.25) is 5.02 Å². The van der Waals surface area contributed by atoms with Crippen molar-refractivity contribution in [2.24, 2.45) is 0 Å². The molecule has 2 rings (SSSR count). The van der Waals surface area contributed by atoms with Gasteiger partial charge in [-0.2, -0.15) is 0 Å². The van der Waals surface area contributed by atoms with Gasteiger partial charge in [0, 0.05) is 22.5 Å². The lowest BCUT2D eigenvalue weighted by molar-refractivity contribution is 0.583. The van der Waals surface area contributed by atoms with Gasteiger partial charge in [0.1, 0.15) is 0 Å². The number of aryl methyl sites for hydroxylation is 1. The largest absolute Gasteiger partial charge is 0.305 e. The van der Waals surface area contributed by atoms with Gasteiger partial charge in [-0.3, -0.25) is 0 Å². The van der Waals surface area contributed by atoms with Crippen LogP contribution in [0.15, 0.2) is 35.7 Å². The smallest absolute Gasteiger partial charge is 0.0453 e. The van der Waals surface area contributed by atoms with E-state index in [1.165, 1.54) is 10.4 Å². The summed E-state index contributed by atoms with van der Waals surface area (Å²) in [5, 5.41) is 6.43. The van der Waals surface area contributed by atoms with Gasteiger partial charge in [-0.1, -0.05) is 29.8 Å². The highest BCUT2D eigenvalue weighted by Gasteiger charge is 2.07. The van der Waals surface area contributed by atoms with E-state index in [2.05, 4.69) is 48.8 Å². The van der Waals surface area contributed by atoms with E-state index in [1.807, 2.05) is 6.07 Å². The van der Waals surface area contributed by atoms with Gasteiger partial charge in [0.2, 0.25) is 0 Å². The van der Waals surface area contributed by atoms with Crippen LogP contribution in [0.5, 0.6) is 0 Å². The highest BCUT2D eigenvalue weighted by atomic mass is 35.5. The van der Waals surface area contributed by atoms with Crippen LogP contribution in [-0.4, -0.2) is 0 Å². The Hall–Kier alpha value is -0.830. The minimum Gasteiger partial charge on any atom is -0.305 e. The Morgan fingerprint density at radius 2 is 2.18 bits per heavy atom. The average Bonchev–Trinajstić information content (AvgIpc) is 2.81. The minimum atomic E-state index is 0.368. The molecule has 1 atom stereocenters. The maximum Gasteiger partial charge on any atom is 0.0453 e. The van der Waals surface area contributed by atoms with Crippen molar-refractivity contribution >= 4 is 22.9 Å². The zero-order chi connectivity index (χ0) is 12.3. The molecule has 0 fully saturated rings. The minimum absolute atomic E-state index is 0.368. The molecular weight excluding hydrogens is 250 g/mol. The Kier molecular flexibility index (Phi) is 4.21. The lowest BCUT2D eigenvalue weighted by Crippen LogP contribution is -2.17. The fraction of sp³-hybridized carbons (Fsp3) is 0.286. The molecule has 0 aliphatic carbocycles. The van der Waals surface area contributed by atoms with Crippen LogP contribution in [0.3, 0.4) is 0 Å². The average molecular weight is 266 g/mol. The Morgan fingerprint density at radius 3 is 2.82 bits per heavy atom. The van der Waals surface area contributed by atoms with E-state index in [0.717, 1.165) is 17.1 Å². The number of rotatable bonds is 4.